The first kappa shape index (κ1) is 47.5. The van der Waals surface area contributed by atoms with Crippen molar-refractivity contribution in [1.82, 2.24) is 31.1 Å². The molecule has 8 atom stereocenters. The zero-order valence-electron chi connectivity index (χ0n) is 43.9. The van der Waals surface area contributed by atoms with Crippen LogP contribution in [0.25, 0.3) is 0 Å². The van der Waals surface area contributed by atoms with Crippen LogP contribution >= 0.6 is 0 Å². The van der Waals surface area contributed by atoms with Gasteiger partial charge in [-0.15, -0.1) is 0 Å². The highest BCUT2D eigenvalue weighted by Gasteiger charge is 2.63. The van der Waals surface area contributed by atoms with Crippen molar-refractivity contribution in [3.63, 3.8) is 0 Å². The van der Waals surface area contributed by atoms with Crippen LogP contribution in [0.4, 0.5) is 0 Å². The fraction of sp³-hybridized carbons (Fsp3) is 1.00. The van der Waals surface area contributed by atoms with Crippen LogP contribution in [-0.4, -0.2) is 84.6 Å². The maximum absolute atomic E-state index is 4.03. The summed E-state index contributed by atoms with van der Waals surface area (Å²) in [6.45, 7) is 5.15. The Morgan fingerprint density at radius 2 is 0.515 bits per heavy atom. The molecule has 9 saturated carbocycles. The number of rotatable bonds is 8. The van der Waals surface area contributed by atoms with Gasteiger partial charge in [-0.2, -0.15) is 0 Å². The summed E-state index contributed by atoms with van der Waals surface area (Å²) in [4.78, 5) is 6.80. The van der Waals surface area contributed by atoms with Crippen molar-refractivity contribution in [1.29, 1.82) is 0 Å². The van der Waals surface area contributed by atoms with E-state index in [1.54, 1.807) is 116 Å². The van der Waals surface area contributed by atoms with Gasteiger partial charge in [0, 0.05) is 62.4 Å². The SMILES string of the molecule is C1CCC(C2NCC(C3CCC(C4CCC(N5C6CCCCC6C6C7C8CCCCC8N(C8CCC(C9CCC(C%10CNC(C%11CCCCC%11)NC%10)CC9)CC8)C7CCC65)CC4)CC3)CN2)CC1. The normalized spacial score (nSPS) is 50.5. The lowest BCUT2D eigenvalue weighted by molar-refractivity contribution is 0.00720. The molecule has 13 fully saturated rings. The molecule has 384 valence electrons. The third kappa shape index (κ3) is 9.46. The minimum Gasteiger partial charge on any atom is -0.301 e. The lowest BCUT2D eigenvalue weighted by atomic mass is 9.61. The molecule has 9 aliphatic carbocycles. The van der Waals surface area contributed by atoms with E-state index in [1.165, 1.54) is 142 Å². The number of fused-ring (bicyclic) bond motifs is 7. The summed E-state index contributed by atoms with van der Waals surface area (Å²) in [5, 5.41) is 16.1. The molecule has 0 bridgehead atoms. The monoisotopic (exact) mass is 935 g/mol. The average molecular weight is 936 g/mol. The van der Waals surface area contributed by atoms with Gasteiger partial charge in [0.05, 0.1) is 12.3 Å². The zero-order valence-corrected chi connectivity index (χ0v) is 43.9. The van der Waals surface area contributed by atoms with Gasteiger partial charge in [0.25, 0.3) is 0 Å². The summed E-state index contributed by atoms with van der Waals surface area (Å²) in [5.74, 6) is 13.7. The van der Waals surface area contributed by atoms with Crippen molar-refractivity contribution in [2.45, 2.75) is 280 Å². The average Bonchev–Trinajstić information content (AvgIpc) is 3.95. The molecular formula is C62H106N6. The van der Waals surface area contributed by atoms with Crippen molar-refractivity contribution in [3.8, 4) is 0 Å². The first-order chi connectivity index (χ1) is 33.7. The summed E-state index contributed by atoms with van der Waals surface area (Å²) in [6.07, 6.45) is 56.0. The zero-order chi connectivity index (χ0) is 45.0. The molecule has 0 aromatic carbocycles. The molecule has 4 aliphatic heterocycles. The molecule has 13 aliphatic rings. The Hall–Kier alpha value is -0.240. The van der Waals surface area contributed by atoms with Crippen molar-refractivity contribution >= 4 is 0 Å². The van der Waals surface area contributed by atoms with Crippen LogP contribution in [0, 0.1) is 82.9 Å². The smallest absolute Gasteiger partial charge is 0.0600 e. The van der Waals surface area contributed by atoms with Crippen LogP contribution in [0.1, 0.15) is 231 Å². The van der Waals surface area contributed by atoms with Gasteiger partial charge < -0.3 is 21.3 Å². The number of hydrogen-bond acceptors (Lipinski definition) is 6. The molecule has 4 saturated heterocycles. The third-order valence-corrected chi connectivity index (χ3v) is 25.4. The van der Waals surface area contributed by atoms with Crippen LogP contribution in [-0.2, 0) is 0 Å². The van der Waals surface area contributed by atoms with E-state index in [0.717, 1.165) is 119 Å². The predicted molar refractivity (Wildman–Crippen MR) is 281 cm³/mol. The van der Waals surface area contributed by atoms with Crippen molar-refractivity contribution in [2.75, 3.05) is 26.2 Å². The summed E-state index contributed by atoms with van der Waals surface area (Å²) in [6, 6.07) is 5.57. The minimum absolute atomic E-state index is 0.608. The number of nitrogens with one attached hydrogen (secondary N) is 4. The van der Waals surface area contributed by atoms with Crippen LogP contribution < -0.4 is 21.3 Å². The second kappa shape index (κ2) is 21.5. The summed E-state index contributed by atoms with van der Waals surface area (Å²) < 4.78 is 0. The van der Waals surface area contributed by atoms with Crippen molar-refractivity contribution in [3.05, 3.63) is 0 Å². The van der Waals surface area contributed by atoms with Crippen LogP contribution in [0.15, 0.2) is 0 Å². The lowest BCUT2D eigenvalue weighted by Gasteiger charge is -2.49. The molecule has 4 heterocycles. The number of hydrogen-bond donors (Lipinski definition) is 4. The lowest BCUT2D eigenvalue weighted by Crippen LogP contribution is -2.57. The molecule has 4 N–H and O–H groups in total. The van der Waals surface area contributed by atoms with Gasteiger partial charge in [-0.25, -0.2) is 0 Å². The maximum Gasteiger partial charge on any atom is 0.0600 e. The highest BCUT2D eigenvalue weighted by Crippen LogP contribution is 2.61. The first-order valence-corrected chi connectivity index (χ1v) is 32.2. The Balaban J connectivity index is 0.599. The molecular weight excluding hydrogens is 829 g/mol. The van der Waals surface area contributed by atoms with E-state index in [4.69, 9.17) is 0 Å². The number of likely N-dealkylation sites (tertiary alicyclic amines) is 2. The molecule has 0 aromatic heterocycles. The molecule has 0 spiro atoms. The van der Waals surface area contributed by atoms with E-state index in [1.807, 2.05) is 0 Å². The van der Waals surface area contributed by atoms with Gasteiger partial charge >= 0.3 is 0 Å². The Morgan fingerprint density at radius 3 is 0.868 bits per heavy atom. The minimum atomic E-state index is 0.608. The molecule has 68 heavy (non-hydrogen) atoms. The van der Waals surface area contributed by atoms with Crippen molar-refractivity contribution < 1.29 is 0 Å². The van der Waals surface area contributed by atoms with E-state index in [9.17, 15) is 0 Å². The van der Waals surface area contributed by atoms with E-state index in [0.29, 0.717) is 12.3 Å². The summed E-state index contributed by atoms with van der Waals surface area (Å²) in [5.41, 5.74) is 0. The molecule has 0 radical (unpaired) electrons. The van der Waals surface area contributed by atoms with Gasteiger partial charge in [-0.3, -0.25) is 9.80 Å². The van der Waals surface area contributed by atoms with Crippen molar-refractivity contribution in [2.24, 2.45) is 82.9 Å². The molecule has 6 heteroatoms. The molecule has 6 nitrogen and oxygen atoms in total. The molecule has 13 rings (SSSR count). The van der Waals surface area contributed by atoms with Gasteiger partial charge in [-0.05, 0) is 250 Å². The molecule has 8 unspecified atom stereocenters. The Labute approximate surface area is 418 Å². The van der Waals surface area contributed by atoms with E-state index < -0.39 is 0 Å². The third-order valence-electron chi connectivity index (χ3n) is 25.4. The van der Waals surface area contributed by atoms with Gasteiger partial charge in [0.15, 0.2) is 0 Å². The van der Waals surface area contributed by atoms with Crippen LogP contribution in [0.2, 0.25) is 0 Å². The Morgan fingerprint density at radius 1 is 0.221 bits per heavy atom. The van der Waals surface area contributed by atoms with Crippen LogP contribution in [0.5, 0.6) is 0 Å². The summed E-state index contributed by atoms with van der Waals surface area (Å²) >= 11 is 0. The highest BCUT2D eigenvalue weighted by molar-refractivity contribution is 5.16. The first-order valence-electron chi connectivity index (χ1n) is 32.2. The van der Waals surface area contributed by atoms with Gasteiger partial charge in [0.1, 0.15) is 0 Å². The van der Waals surface area contributed by atoms with E-state index in [2.05, 4.69) is 31.1 Å². The fourth-order valence-corrected chi connectivity index (χ4v) is 22.2. The van der Waals surface area contributed by atoms with Gasteiger partial charge in [-0.1, -0.05) is 64.2 Å². The largest absolute Gasteiger partial charge is 0.301 e. The Bertz CT molecular complexity index is 1440. The van der Waals surface area contributed by atoms with Crippen LogP contribution in [0.3, 0.4) is 0 Å². The second-order valence-corrected chi connectivity index (χ2v) is 28.2. The van der Waals surface area contributed by atoms with E-state index in [-0.39, 0.29) is 0 Å². The predicted octanol–water partition coefficient (Wildman–Crippen LogP) is 12.7. The Kier molecular flexibility index (Phi) is 15.0. The second-order valence-electron chi connectivity index (χ2n) is 28.2. The molecule has 0 aromatic rings. The quantitative estimate of drug-likeness (QED) is 0.195. The standard InChI is InChI=1S/C62H106N6/c1-3-11-47(12-4-1)61-63-37-49(38-64-61)45-23-19-41(20-24-45)43-27-31-51(32-28-43)67-55-17-9-7-15-53(55)59-57(67)35-36-58-60(59)54-16-8-10-18-56(54)68(58)52-33-29-44(30-34-52)42-21-25-46(26-22-42)50-39-65-62(66-40-50)48-13-5-2-6-14-48/h41-66H,1-40H2. The maximum atomic E-state index is 4.03. The van der Waals surface area contributed by atoms with E-state index >= 15 is 0 Å². The van der Waals surface area contributed by atoms with Gasteiger partial charge in [0.2, 0.25) is 0 Å². The number of nitrogens with zero attached hydrogens (tertiary/aromatic N) is 2. The highest BCUT2D eigenvalue weighted by atomic mass is 15.3. The fourth-order valence-electron chi connectivity index (χ4n) is 22.2. The molecule has 0 amide bonds. The summed E-state index contributed by atoms with van der Waals surface area (Å²) in [7, 11) is 0. The topological polar surface area (TPSA) is 54.6 Å².